The molecule has 1 aromatic carbocycles. The van der Waals surface area contributed by atoms with Gasteiger partial charge in [0.1, 0.15) is 12.0 Å². The number of piperazine rings is 1. The molecule has 148 valence electrons. The van der Waals surface area contributed by atoms with Crippen LogP contribution in [0, 0.1) is 0 Å². The van der Waals surface area contributed by atoms with Gasteiger partial charge in [0.05, 0.1) is 13.4 Å². The van der Waals surface area contributed by atoms with E-state index in [4.69, 9.17) is 9.15 Å². The van der Waals surface area contributed by atoms with Crippen molar-refractivity contribution in [3.63, 3.8) is 0 Å². The highest BCUT2D eigenvalue weighted by molar-refractivity contribution is 5.91. The quantitative estimate of drug-likeness (QED) is 0.823. The van der Waals surface area contributed by atoms with Crippen LogP contribution < -0.4 is 15.4 Å². The van der Waals surface area contributed by atoms with Gasteiger partial charge in [-0.05, 0) is 29.8 Å². The lowest BCUT2D eigenvalue weighted by Gasteiger charge is -2.42. The van der Waals surface area contributed by atoms with Gasteiger partial charge < -0.3 is 19.4 Å². The minimum atomic E-state index is -0.255. The molecule has 2 saturated heterocycles. The van der Waals surface area contributed by atoms with E-state index in [2.05, 4.69) is 15.5 Å². The van der Waals surface area contributed by atoms with Crippen molar-refractivity contribution in [1.29, 1.82) is 0 Å². The summed E-state index contributed by atoms with van der Waals surface area (Å²) in [5, 5.41) is 6.52. The molecule has 1 aromatic heterocycles. The van der Waals surface area contributed by atoms with Gasteiger partial charge >= 0.3 is 0 Å². The largest absolute Gasteiger partial charge is 0.497 e. The Morgan fingerprint density at radius 1 is 1.14 bits per heavy atom. The van der Waals surface area contributed by atoms with Gasteiger partial charge in [0.15, 0.2) is 5.76 Å². The standard InChI is InChI=1S/C20H24N4O4/c1-27-15-6-4-14(5-7-15)16-13-18(25)22-20(21-16)24-10-8-23(9-11-24)19(26)17-3-2-12-28-17/h2-7,12,16,20-21H,8-11,13H2,1H3,(H,22,25). The van der Waals surface area contributed by atoms with Crippen LogP contribution in [0.5, 0.6) is 5.75 Å². The molecule has 2 amide bonds. The van der Waals surface area contributed by atoms with Gasteiger partial charge in [-0.1, -0.05) is 12.1 Å². The van der Waals surface area contributed by atoms with Gasteiger partial charge in [-0.15, -0.1) is 0 Å². The minimum absolute atomic E-state index is 0.0126. The van der Waals surface area contributed by atoms with Crippen molar-refractivity contribution in [3.8, 4) is 5.75 Å². The maximum absolute atomic E-state index is 12.4. The van der Waals surface area contributed by atoms with E-state index in [-0.39, 0.29) is 24.1 Å². The van der Waals surface area contributed by atoms with Gasteiger partial charge in [-0.25, -0.2) is 0 Å². The van der Waals surface area contributed by atoms with E-state index in [1.807, 2.05) is 24.3 Å². The molecule has 0 saturated carbocycles. The lowest BCUT2D eigenvalue weighted by Crippen LogP contribution is -2.65. The number of furan rings is 1. The van der Waals surface area contributed by atoms with Crippen molar-refractivity contribution in [3.05, 3.63) is 54.0 Å². The molecule has 0 radical (unpaired) electrons. The third-order valence-electron chi connectivity index (χ3n) is 5.26. The van der Waals surface area contributed by atoms with E-state index in [0.29, 0.717) is 38.4 Å². The Bertz CT molecular complexity index is 813. The van der Waals surface area contributed by atoms with Crippen LogP contribution in [-0.2, 0) is 4.79 Å². The third-order valence-corrected chi connectivity index (χ3v) is 5.26. The summed E-state index contributed by atoms with van der Waals surface area (Å²) in [5.74, 6) is 1.06. The number of carbonyl (C=O) groups excluding carboxylic acids is 2. The molecule has 8 heteroatoms. The fraction of sp³-hybridized carbons (Fsp3) is 0.400. The maximum Gasteiger partial charge on any atom is 0.289 e. The van der Waals surface area contributed by atoms with E-state index in [1.54, 1.807) is 24.1 Å². The van der Waals surface area contributed by atoms with E-state index in [1.165, 1.54) is 6.26 Å². The molecule has 4 rings (SSSR count). The highest BCUT2D eigenvalue weighted by Crippen LogP contribution is 2.23. The Balaban J connectivity index is 1.37. The van der Waals surface area contributed by atoms with Crippen LogP contribution in [0.3, 0.4) is 0 Å². The monoisotopic (exact) mass is 384 g/mol. The number of amides is 2. The predicted octanol–water partition coefficient (Wildman–Crippen LogP) is 1.18. The van der Waals surface area contributed by atoms with E-state index >= 15 is 0 Å². The molecule has 2 fully saturated rings. The van der Waals surface area contributed by atoms with Crippen molar-refractivity contribution in [2.75, 3.05) is 33.3 Å². The zero-order valence-electron chi connectivity index (χ0n) is 15.8. The second-order valence-corrected chi connectivity index (χ2v) is 6.97. The molecule has 0 bridgehead atoms. The summed E-state index contributed by atoms with van der Waals surface area (Å²) < 4.78 is 10.4. The van der Waals surface area contributed by atoms with Gasteiger partial charge in [0, 0.05) is 38.6 Å². The van der Waals surface area contributed by atoms with Gasteiger partial charge in [0.2, 0.25) is 5.91 Å². The molecule has 2 atom stereocenters. The Kier molecular flexibility index (Phi) is 5.31. The topological polar surface area (TPSA) is 87.1 Å². The number of nitrogens with one attached hydrogen (secondary N) is 2. The second kappa shape index (κ2) is 8.04. The van der Waals surface area contributed by atoms with Crippen LogP contribution in [-0.4, -0.2) is 61.2 Å². The first-order valence-electron chi connectivity index (χ1n) is 9.40. The molecule has 2 aromatic rings. The zero-order chi connectivity index (χ0) is 19.5. The number of rotatable bonds is 4. The van der Waals surface area contributed by atoms with E-state index in [0.717, 1.165) is 11.3 Å². The molecule has 2 aliphatic rings. The smallest absolute Gasteiger partial charge is 0.289 e. The van der Waals surface area contributed by atoms with Crippen LogP contribution in [0.15, 0.2) is 47.1 Å². The van der Waals surface area contributed by atoms with Crippen LogP contribution in [0.25, 0.3) is 0 Å². The fourth-order valence-electron chi connectivity index (χ4n) is 3.67. The normalized spacial score (nSPS) is 23.3. The molecule has 2 unspecified atom stereocenters. The lowest BCUT2D eigenvalue weighted by atomic mass is 10.0. The van der Waals surface area contributed by atoms with Crippen LogP contribution in [0.4, 0.5) is 0 Å². The fourth-order valence-corrected chi connectivity index (χ4v) is 3.67. The van der Waals surface area contributed by atoms with Crippen molar-refractivity contribution < 1.29 is 18.7 Å². The first-order chi connectivity index (χ1) is 13.6. The first kappa shape index (κ1) is 18.5. The highest BCUT2D eigenvalue weighted by Gasteiger charge is 2.33. The molecule has 8 nitrogen and oxygen atoms in total. The number of methoxy groups -OCH3 is 1. The molecular weight excluding hydrogens is 360 g/mol. The minimum Gasteiger partial charge on any atom is -0.497 e. The van der Waals surface area contributed by atoms with Crippen molar-refractivity contribution in [1.82, 2.24) is 20.4 Å². The summed E-state index contributed by atoms with van der Waals surface area (Å²) in [6.45, 7) is 2.50. The average molecular weight is 384 g/mol. The number of carbonyl (C=O) groups is 2. The predicted molar refractivity (Wildman–Crippen MR) is 102 cm³/mol. The summed E-state index contributed by atoms with van der Waals surface area (Å²) in [6, 6.07) is 11.1. The SMILES string of the molecule is COc1ccc(C2CC(=O)NC(N3CCN(C(=O)c4ccco4)CC3)N2)cc1. The lowest BCUT2D eigenvalue weighted by molar-refractivity contribution is -0.127. The van der Waals surface area contributed by atoms with Crippen LogP contribution in [0.1, 0.15) is 28.6 Å². The summed E-state index contributed by atoms with van der Waals surface area (Å²) in [4.78, 5) is 28.6. The van der Waals surface area contributed by atoms with Gasteiger partial charge in [-0.2, -0.15) is 0 Å². The molecule has 3 heterocycles. The Morgan fingerprint density at radius 3 is 2.54 bits per heavy atom. The van der Waals surface area contributed by atoms with Gasteiger partial charge in [-0.3, -0.25) is 19.8 Å². The summed E-state index contributed by atoms with van der Waals surface area (Å²) in [7, 11) is 1.63. The van der Waals surface area contributed by atoms with Crippen LogP contribution in [0.2, 0.25) is 0 Å². The maximum atomic E-state index is 12.4. The van der Waals surface area contributed by atoms with E-state index < -0.39 is 0 Å². The van der Waals surface area contributed by atoms with E-state index in [9.17, 15) is 9.59 Å². The number of ether oxygens (including phenoxy) is 1. The van der Waals surface area contributed by atoms with Crippen molar-refractivity contribution >= 4 is 11.8 Å². The van der Waals surface area contributed by atoms with Crippen molar-refractivity contribution in [2.45, 2.75) is 18.8 Å². The summed E-state index contributed by atoms with van der Waals surface area (Å²) in [5.41, 5.74) is 1.05. The van der Waals surface area contributed by atoms with Crippen molar-refractivity contribution in [2.24, 2.45) is 0 Å². The molecule has 28 heavy (non-hydrogen) atoms. The zero-order valence-corrected chi connectivity index (χ0v) is 15.8. The number of hydrogen-bond acceptors (Lipinski definition) is 6. The molecule has 0 spiro atoms. The Labute approximate surface area is 163 Å². The number of hydrogen-bond donors (Lipinski definition) is 2. The average Bonchev–Trinajstić information content (AvgIpc) is 3.28. The molecule has 2 aliphatic heterocycles. The van der Waals surface area contributed by atoms with Crippen LogP contribution >= 0.6 is 0 Å². The third kappa shape index (κ3) is 3.88. The second-order valence-electron chi connectivity index (χ2n) is 6.97. The Hall–Kier alpha value is -2.84. The first-order valence-corrected chi connectivity index (χ1v) is 9.40. The molecular formula is C20H24N4O4. The number of benzene rings is 1. The number of nitrogens with zero attached hydrogens (tertiary/aromatic N) is 2. The summed E-state index contributed by atoms with van der Waals surface area (Å²) in [6.07, 6.45) is 1.64. The molecule has 2 N–H and O–H groups in total. The molecule has 0 aliphatic carbocycles. The summed E-state index contributed by atoms with van der Waals surface area (Å²) >= 11 is 0. The van der Waals surface area contributed by atoms with Gasteiger partial charge in [0.25, 0.3) is 5.91 Å². The highest BCUT2D eigenvalue weighted by atomic mass is 16.5. The Morgan fingerprint density at radius 2 is 1.89 bits per heavy atom.